The first-order valence-corrected chi connectivity index (χ1v) is 12.5. The number of urea groups is 1. The summed E-state index contributed by atoms with van der Waals surface area (Å²) in [5, 5.41) is 18.8. The van der Waals surface area contributed by atoms with Gasteiger partial charge in [-0.1, -0.05) is 42.5 Å². The van der Waals surface area contributed by atoms with Crippen LogP contribution in [-0.4, -0.2) is 52.9 Å². The molecule has 31 heavy (non-hydrogen) atoms. The van der Waals surface area contributed by atoms with Crippen molar-refractivity contribution >= 4 is 28.7 Å². The number of piperidine rings is 1. The predicted octanol–water partition coefficient (Wildman–Crippen LogP) is 4.21. The second-order valence-corrected chi connectivity index (χ2v) is 10.8. The molecule has 0 spiro atoms. The molecule has 2 aromatic heterocycles. The fraction of sp³-hybridized carbons (Fsp3) is 0.375. The van der Waals surface area contributed by atoms with Crippen LogP contribution in [0.15, 0.2) is 65.4 Å². The van der Waals surface area contributed by atoms with Gasteiger partial charge in [-0.05, 0) is 22.9 Å². The molecule has 0 bridgehead atoms. The average molecular weight is 455 g/mol. The van der Waals surface area contributed by atoms with Gasteiger partial charge < -0.3 is 14.9 Å². The van der Waals surface area contributed by atoms with Crippen molar-refractivity contribution < 1.29 is 14.4 Å². The van der Waals surface area contributed by atoms with Crippen LogP contribution in [0.2, 0.25) is 0 Å². The minimum Gasteiger partial charge on any atom is -0.370 e. The number of amides is 2. The van der Waals surface area contributed by atoms with Gasteiger partial charge in [0.05, 0.1) is 20.1 Å². The van der Waals surface area contributed by atoms with E-state index in [4.69, 9.17) is 0 Å². The van der Waals surface area contributed by atoms with E-state index < -0.39 is 11.8 Å². The number of carbonyl (C=O) groups excluding carboxylic acids is 1. The molecule has 7 heteroatoms. The number of thiophene rings is 2. The van der Waals surface area contributed by atoms with E-state index in [9.17, 15) is 9.90 Å². The third-order valence-corrected chi connectivity index (χ3v) is 8.82. The number of quaternary nitrogens is 1. The fourth-order valence-electron chi connectivity index (χ4n) is 5.13. The van der Waals surface area contributed by atoms with Crippen LogP contribution in [0.4, 0.5) is 4.79 Å². The van der Waals surface area contributed by atoms with Crippen molar-refractivity contribution in [3.05, 3.63) is 80.7 Å². The average Bonchev–Trinajstić information content (AvgIpc) is 3.52. The summed E-state index contributed by atoms with van der Waals surface area (Å²) in [6.07, 6.45) is 0.852. The molecule has 2 aliphatic rings. The summed E-state index contributed by atoms with van der Waals surface area (Å²) in [5.41, 5.74) is 0.454. The first-order valence-electron chi connectivity index (χ1n) is 10.8. The lowest BCUT2D eigenvalue weighted by Gasteiger charge is -2.44. The summed E-state index contributed by atoms with van der Waals surface area (Å²) in [6, 6.07) is 18.4. The maximum Gasteiger partial charge on any atom is 0.320 e. The zero-order valence-electron chi connectivity index (χ0n) is 17.6. The number of hydrogen-bond donors (Lipinski definition) is 2. The van der Waals surface area contributed by atoms with Crippen LogP contribution in [0.25, 0.3) is 0 Å². The highest BCUT2D eigenvalue weighted by Gasteiger charge is 2.56. The molecule has 2 N–H and O–H groups in total. The number of nitrogens with zero attached hydrogens (tertiary/aromatic N) is 2. The summed E-state index contributed by atoms with van der Waals surface area (Å²) >= 11 is 3.15. The smallest absolute Gasteiger partial charge is 0.320 e. The quantitative estimate of drug-likeness (QED) is 0.568. The molecule has 1 unspecified atom stereocenters. The highest BCUT2D eigenvalue weighted by Crippen LogP contribution is 2.44. The maximum atomic E-state index is 13.2. The third-order valence-electron chi connectivity index (χ3n) is 6.81. The van der Waals surface area contributed by atoms with E-state index in [1.54, 1.807) is 27.6 Å². The predicted molar refractivity (Wildman–Crippen MR) is 125 cm³/mol. The first-order chi connectivity index (χ1) is 15.0. The summed E-state index contributed by atoms with van der Waals surface area (Å²) in [4.78, 5) is 16.9. The summed E-state index contributed by atoms with van der Waals surface area (Å²) in [7, 11) is 2.30. The van der Waals surface area contributed by atoms with E-state index >= 15 is 0 Å². The SMILES string of the molecule is C[N+]1(Cc2ccccc2)CCC(N2C(=O)NC(c3cccs3)(c3cccs3)C2O)CC1. The summed E-state index contributed by atoms with van der Waals surface area (Å²) in [5.74, 6) is 0. The van der Waals surface area contributed by atoms with Crippen molar-refractivity contribution in [2.24, 2.45) is 0 Å². The Labute approximate surface area is 191 Å². The molecule has 2 fully saturated rings. The zero-order chi connectivity index (χ0) is 21.5. The Bertz CT molecular complexity index is 978. The van der Waals surface area contributed by atoms with Gasteiger partial charge in [0.1, 0.15) is 6.54 Å². The molecular formula is C24H28N3O2S2+. The number of aliphatic hydroxyl groups excluding tert-OH is 1. The normalized spacial score (nSPS) is 27.9. The molecule has 0 saturated carbocycles. The zero-order valence-corrected chi connectivity index (χ0v) is 19.2. The molecule has 5 rings (SSSR count). The van der Waals surface area contributed by atoms with Gasteiger partial charge in [0, 0.05) is 34.2 Å². The Balaban J connectivity index is 1.36. The van der Waals surface area contributed by atoms with Crippen LogP contribution in [0.3, 0.4) is 0 Å². The monoisotopic (exact) mass is 454 g/mol. The van der Waals surface area contributed by atoms with Crippen molar-refractivity contribution in [3.63, 3.8) is 0 Å². The molecule has 2 saturated heterocycles. The van der Waals surface area contributed by atoms with Gasteiger partial charge in [-0.25, -0.2) is 4.79 Å². The van der Waals surface area contributed by atoms with E-state index in [2.05, 4.69) is 42.7 Å². The number of carbonyl (C=O) groups is 1. The molecule has 4 heterocycles. The summed E-state index contributed by atoms with van der Waals surface area (Å²) < 4.78 is 0.965. The topological polar surface area (TPSA) is 52.6 Å². The Morgan fingerprint density at radius 2 is 1.65 bits per heavy atom. The molecular weight excluding hydrogens is 426 g/mol. The standard InChI is InChI=1S/C24H27N3O2S2/c1-27(17-18-7-3-2-4-8-18)13-11-19(12-14-27)26-22(28)24(25-23(26)29,20-9-5-15-30-20)21-10-6-16-31-21/h2-10,15-16,19,22,28H,11-14,17H2,1H3/p+1. The maximum absolute atomic E-state index is 13.2. The lowest BCUT2D eigenvalue weighted by molar-refractivity contribution is -0.927. The lowest BCUT2D eigenvalue weighted by atomic mass is 9.92. The molecule has 0 radical (unpaired) electrons. The van der Waals surface area contributed by atoms with Crippen LogP contribution in [-0.2, 0) is 12.1 Å². The highest BCUT2D eigenvalue weighted by atomic mass is 32.1. The number of likely N-dealkylation sites (tertiary alicyclic amines) is 1. The van der Waals surface area contributed by atoms with Gasteiger partial charge in [0.2, 0.25) is 0 Å². The minimum atomic E-state index is -0.923. The van der Waals surface area contributed by atoms with Crippen molar-refractivity contribution in [3.8, 4) is 0 Å². The Hall–Kier alpha value is -2.19. The van der Waals surface area contributed by atoms with E-state index in [1.165, 1.54) is 5.56 Å². The van der Waals surface area contributed by atoms with Crippen molar-refractivity contribution in [2.45, 2.75) is 37.2 Å². The minimum absolute atomic E-state index is 0.0405. The van der Waals surface area contributed by atoms with Crippen molar-refractivity contribution in [1.29, 1.82) is 0 Å². The molecule has 2 amide bonds. The largest absolute Gasteiger partial charge is 0.370 e. The highest BCUT2D eigenvalue weighted by molar-refractivity contribution is 7.11. The number of nitrogens with one attached hydrogen (secondary N) is 1. The first kappa shape index (κ1) is 20.7. The second-order valence-electron chi connectivity index (χ2n) is 8.92. The molecule has 1 aromatic carbocycles. The Morgan fingerprint density at radius 3 is 2.19 bits per heavy atom. The van der Waals surface area contributed by atoms with Crippen molar-refractivity contribution in [2.75, 3.05) is 20.1 Å². The number of benzene rings is 1. The molecule has 3 aromatic rings. The van der Waals surface area contributed by atoms with Gasteiger partial charge >= 0.3 is 6.03 Å². The Morgan fingerprint density at radius 1 is 1.03 bits per heavy atom. The Kier molecular flexibility index (Phi) is 5.38. The molecule has 1 atom stereocenters. The van der Waals surface area contributed by atoms with Crippen LogP contribution in [0.5, 0.6) is 0 Å². The van der Waals surface area contributed by atoms with Crippen molar-refractivity contribution in [1.82, 2.24) is 10.2 Å². The number of hydrogen-bond acceptors (Lipinski definition) is 4. The molecule has 0 aliphatic carbocycles. The van der Waals surface area contributed by atoms with Crippen LogP contribution >= 0.6 is 22.7 Å². The fourth-order valence-corrected chi connectivity index (χ4v) is 7.02. The third kappa shape index (κ3) is 3.59. The second kappa shape index (κ2) is 8.06. The van der Waals surface area contributed by atoms with E-state index in [0.717, 1.165) is 46.7 Å². The van der Waals surface area contributed by atoms with Gasteiger partial charge in [0.25, 0.3) is 0 Å². The van der Waals surface area contributed by atoms with Crippen LogP contribution < -0.4 is 5.32 Å². The van der Waals surface area contributed by atoms with E-state index in [0.29, 0.717) is 0 Å². The summed E-state index contributed by atoms with van der Waals surface area (Å²) in [6.45, 7) is 2.97. The molecule has 5 nitrogen and oxygen atoms in total. The lowest BCUT2D eigenvalue weighted by Crippen LogP contribution is -2.56. The van der Waals surface area contributed by atoms with Gasteiger partial charge in [-0.2, -0.15) is 0 Å². The van der Waals surface area contributed by atoms with Crippen LogP contribution in [0.1, 0.15) is 28.2 Å². The van der Waals surface area contributed by atoms with Crippen LogP contribution in [0, 0.1) is 0 Å². The van der Waals surface area contributed by atoms with E-state index in [1.807, 2.05) is 35.0 Å². The number of aliphatic hydroxyl groups is 1. The molecule has 2 aliphatic heterocycles. The van der Waals surface area contributed by atoms with Gasteiger partial charge in [0.15, 0.2) is 11.8 Å². The molecule has 162 valence electrons. The number of rotatable bonds is 5. The van der Waals surface area contributed by atoms with Gasteiger partial charge in [-0.15, -0.1) is 22.7 Å². The van der Waals surface area contributed by atoms with Gasteiger partial charge in [-0.3, -0.25) is 4.90 Å². The van der Waals surface area contributed by atoms with E-state index in [-0.39, 0.29) is 12.1 Å².